The number of unbranched alkanes of at least 4 members (excludes halogenated alkanes) is 2. The molecule has 0 saturated heterocycles. The minimum atomic E-state index is 0.729. The number of ether oxygens (including phenoxy) is 1. The molecular weight excluding hydrogens is 318 g/mol. The van der Waals surface area contributed by atoms with E-state index in [1.54, 1.807) is 0 Å². The molecule has 0 aliphatic heterocycles. The summed E-state index contributed by atoms with van der Waals surface area (Å²) >= 11 is 0. The van der Waals surface area contributed by atoms with E-state index in [-0.39, 0.29) is 0 Å². The van der Waals surface area contributed by atoms with Crippen LogP contribution in [0.25, 0.3) is 0 Å². The van der Waals surface area contributed by atoms with Crippen LogP contribution in [0, 0.1) is 5.92 Å². The highest BCUT2D eigenvalue weighted by Gasteiger charge is 2.21. The molecule has 1 N–H and O–H groups in total. The van der Waals surface area contributed by atoms with Crippen molar-refractivity contribution in [1.29, 1.82) is 0 Å². The molecule has 0 aromatic heterocycles. The maximum Gasteiger partial charge on any atom is 0.119 e. The second kappa shape index (κ2) is 11.0. The number of hydrogen-bond donors (Lipinski definition) is 1. The topological polar surface area (TPSA) is 21.3 Å². The highest BCUT2D eigenvalue weighted by molar-refractivity contribution is 5.29. The summed E-state index contributed by atoms with van der Waals surface area (Å²) in [5.41, 5.74) is 1.50. The molecule has 2 heteroatoms. The standard InChI is InChI=1S/C24H39NO/c1-25-23-15-11-21(12-16-23)22-13-17-24(18-14-22)26-19-7-3-6-10-20-8-4-2-5-9-20/h13-14,17-18,20-21,23,25H,2-12,15-16,19H2,1H3. The predicted molar refractivity (Wildman–Crippen MR) is 111 cm³/mol. The largest absolute Gasteiger partial charge is 0.494 e. The lowest BCUT2D eigenvalue weighted by Gasteiger charge is -2.28. The normalized spacial score (nSPS) is 24.5. The van der Waals surface area contributed by atoms with Crippen molar-refractivity contribution in [3.8, 4) is 5.75 Å². The zero-order valence-electron chi connectivity index (χ0n) is 16.8. The SMILES string of the molecule is CNC1CCC(c2ccc(OCCCCCC3CCCCC3)cc2)CC1. The number of hydrogen-bond acceptors (Lipinski definition) is 2. The van der Waals surface area contributed by atoms with Crippen LogP contribution in [0.1, 0.15) is 95.0 Å². The number of rotatable bonds is 9. The average Bonchev–Trinajstić information content (AvgIpc) is 2.72. The molecule has 2 fully saturated rings. The summed E-state index contributed by atoms with van der Waals surface area (Å²) in [6.45, 7) is 0.872. The van der Waals surface area contributed by atoms with Gasteiger partial charge in [-0.05, 0) is 68.7 Å². The summed E-state index contributed by atoms with van der Waals surface area (Å²) in [5, 5.41) is 3.42. The van der Waals surface area contributed by atoms with Crippen molar-refractivity contribution < 1.29 is 4.74 Å². The molecule has 146 valence electrons. The van der Waals surface area contributed by atoms with Gasteiger partial charge in [-0.25, -0.2) is 0 Å². The summed E-state index contributed by atoms with van der Waals surface area (Å²) in [7, 11) is 2.09. The molecule has 26 heavy (non-hydrogen) atoms. The van der Waals surface area contributed by atoms with Crippen LogP contribution in [-0.2, 0) is 0 Å². The highest BCUT2D eigenvalue weighted by atomic mass is 16.5. The van der Waals surface area contributed by atoms with Crippen molar-refractivity contribution in [2.75, 3.05) is 13.7 Å². The highest BCUT2D eigenvalue weighted by Crippen LogP contribution is 2.33. The van der Waals surface area contributed by atoms with Crippen LogP contribution in [0.15, 0.2) is 24.3 Å². The second-order valence-corrected chi connectivity index (χ2v) is 8.61. The van der Waals surface area contributed by atoms with E-state index in [0.29, 0.717) is 0 Å². The second-order valence-electron chi connectivity index (χ2n) is 8.61. The molecule has 1 aromatic rings. The molecule has 0 spiro atoms. The summed E-state index contributed by atoms with van der Waals surface area (Å²) < 4.78 is 5.96. The first-order valence-electron chi connectivity index (χ1n) is 11.2. The zero-order chi connectivity index (χ0) is 18.0. The Hall–Kier alpha value is -1.02. The minimum Gasteiger partial charge on any atom is -0.494 e. The monoisotopic (exact) mass is 357 g/mol. The van der Waals surface area contributed by atoms with E-state index < -0.39 is 0 Å². The van der Waals surface area contributed by atoms with Crippen molar-refractivity contribution in [2.45, 2.75) is 95.4 Å². The van der Waals surface area contributed by atoms with E-state index in [2.05, 4.69) is 36.6 Å². The van der Waals surface area contributed by atoms with E-state index in [9.17, 15) is 0 Å². The van der Waals surface area contributed by atoms with E-state index in [4.69, 9.17) is 4.74 Å². The fourth-order valence-electron chi connectivity index (χ4n) is 4.93. The van der Waals surface area contributed by atoms with Gasteiger partial charge in [-0.3, -0.25) is 0 Å². The fourth-order valence-corrected chi connectivity index (χ4v) is 4.93. The molecular formula is C24H39NO. The van der Waals surface area contributed by atoms with E-state index in [1.807, 2.05) is 0 Å². The Labute approximate surface area is 161 Å². The average molecular weight is 358 g/mol. The Kier molecular flexibility index (Phi) is 8.32. The summed E-state index contributed by atoms with van der Waals surface area (Å²) in [6, 6.07) is 9.68. The van der Waals surface area contributed by atoms with Gasteiger partial charge in [0.15, 0.2) is 0 Å². The molecule has 0 bridgehead atoms. The Morgan fingerprint density at radius 3 is 2.27 bits per heavy atom. The van der Waals surface area contributed by atoms with Crippen LogP contribution in [0.4, 0.5) is 0 Å². The van der Waals surface area contributed by atoms with E-state index in [0.717, 1.165) is 30.2 Å². The Morgan fingerprint density at radius 1 is 0.846 bits per heavy atom. The third-order valence-corrected chi connectivity index (χ3v) is 6.74. The maximum absolute atomic E-state index is 5.96. The van der Waals surface area contributed by atoms with Crippen LogP contribution >= 0.6 is 0 Å². The molecule has 2 saturated carbocycles. The van der Waals surface area contributed by atoms with E-state index >= 15 is 0 Å². The third kappa shape index (κ3) is 6.30. The van der Waals surface area contributed by atoms with Crippen LogP contribution in [0.5, 0.6) is 5.75 Å². The van der Waals surface area contributed by atoms with Gasteiger partial charge >= 0.3 is 0 Å². The maximum atomic E-state index is 5.96. The molecule has 2 nitrogen and oxygen atoms in total. The van der Waals surface area contributed by atoms with Gasteiger partial charge in [0, 0.05) is 6.04 Å². The van der Waals surface area contributed by atoms with Gasteiger partial charge in [0.25, 0.3) is 0 Å². The predicted octanol–water partition coefficient (Wildman–Crippen LogP) is 6.45. The molecule has 2 aliphatic rings. The number of benzene rings is 1. The van der Waals surface area contributed by atoms with Gasteiger partial charge < -0.3 is 10.1 Å². The van der Waals surface area contributed by atoms with Gasteiger partial charge in [0.1, 0.15) is 5.75 Å². The quantitative estimate of drug-likeness (QED) is 0.513. The van der Waals surface area contributed by atoms with Gasteiger partial charge in [-0.2, -0.15) is 0 Å². The summed E-state index contributed by atoms with van der Waals surface area (Å²) in [6.07, 6.45) is 18.0. The molecule has 0 amide bonds. The van der Waals surface area contributed by atoms with Gasteiger partial charge in [0.2, 0.25) is 0 Å². The lowest BCUT2D eigenvalue weighted by atomic mass is 9.82. The van der Waals surface area contributed by atoms with Crippen LogP contribution in [-0.4, -0.2) is 19.7 Å². The molecule has 1 aromatic carbocycles. The summed E-state index contributed by atoms with van der Waals surface area (Å²) in [4.78, 5) is 0. The lowest BCUT2D eigenvalue weighted by molar-refractivity contribution is 0.292. The van der Waals surface area contributed by atoms with Crippen LogP contribution < -0.4 is 10.1 Å². The third-order valence-electron chi connectivity index (χ3n) is 6.74. The van der Waals surface area contributed by atoms with Crippen LogP contribution in [0.3, 0.4) is 0 Å². The van der Waals surface area contributed by atoms with Crippen LogP contribution in [0.2, 0.25) is 0 Å². The molecule has 0 unspecified atom stereocenters. The molecule has 0 atom stereocenters. The molecule has 3 rings (SSSR count). The Morgan fingerprint density at radius 2 is 1.58 bits per heavy atom. The zero-order valence-corrected chi connectivity index (χ0v) is 16.8. The van der Waals surface area contributed by atoms with E-state index in [1.165, 1.54) is 89.0 Å². The molecule has 0 heterocycles. The first-order valence-corrected chi connectivity index (χ1v) is 11.2. The van der Waals surface area contributed by atoms with Gasteiger partial charge in [-0.1, -0.05) is 63.5 Å². The van der Waals surface area contributed by atoms with Gasteiger partial charge in [0.05, 0.1) is 6.61 Å². The molecule has 2 aliphatic carbocycles. The van der Waals surface area contributed by atoms with Crippen molar-refractivity contribution in [3.05, 3.63) is 29.8 Å². The van der Waals surface area contributed by atoms with Crippen molar-refractivity contribution in [3.63, 3.8) is 0 Å². The minimum absolute atomic E-state index is 0.729. The Bertz CT molecular complexity index is 483. The Balaban J connectivity index is 1.28. The van der Waals surface area contributed by atoms with Crippen molar-refractivity contribution in [2.24, 2.45) is 5.92 Å². The first kappa shape index (κ1) is 19.7. The van der Waals surface area contributed by atoms with Gasteiger partial charge in [-0.15, -0.1) is 0 Å². The van der Waals surface area contributed by atoms with Crippen molar-refractivity contribution in [1.82, 2.24) is 5.32 Å². The molecule has 0 radical (unpaired) electrons. The summed E-state index contributed by atoms with van der Waals surface area (Å²) in [5.74, 6) is 2.82. The lowest BCUT2D eigenvalue weighted by Crippen LogP contribution is -2.29. The number of nitrogens with one attached hydrogen (secondary N) is 1. The smallest absolute Gasteiger partial charge is 0.119 e. The van der Waals surface area contributed by atoms with Crippen molar-refractivity contribution >= 4 is 0 Å². The first-order chi connectivity index (χ1) is 12.8. The fraction of sp³-hybridized carbons (Fsp3) is 0.750.